The van der Waals surface area contributed by atoms with Crippen molar-refractivity contribution in [1.29, 1.82) is 0 Å². The molecule has 2 N–H and O–H groups in total. The first-order chi connectivity index (χ1) is 12.6. The third-order valence-corrected chi connectivity index (χ3v) is 4.66. The highest BCUT2D eigenvalue weighted by Gasteiger charge is 2.37. The second kappa shape index (κ2) is 6.74. The zero-order valence-electron chi connectivity index (χ0n) is 15.7. The number of aromatic hydroxyl groups is 1. The smallest absolute Gasteiger partial charge is 0.333 e. The highest BCUT2D eigenvalue weighted by Crippen LogP contribution is 2.42. The first-order valence-electron chi connectivity index (χ1n) is 8.62. The van der Waals surface area contributed by atoms with Crippen molar-refractivity contribution in [1.82, 2.24) is 0 Å². The van der Waals surface area contributed by atoms with E-state index >= 15 is 0 Å². The number of allylic oxidation sites excluding steroid dienone is 1. The van der Waals surface area contributed by atoms with Gasteiger partial charge in [-0.25, -0.2) is 4.79 Å². The van der Waals surface area contributed by atoms with Gasteiger partial charge in [-0.15, -0.1) is 0 Å². The van der Waals surface area contributed by atoms with Gasteiger partial charge in [0.1, 0.15) is 40.9 Å². The van der Waals surface area contributed by atoms with E-state index in [9.17, 15) is 19.8 Å². The molecule has 144 valence electrons. The summed E-state index contributed by atoms with van der Waals surface area (Å²) in [5, 5.41) is 20.7. The van der Waals surface area contributed by atoms with Crippen molar-refractivity contribution < 1.29 is 28.9 Å². The van der Waals surface area contributed by atoms with E-state index in [1.54, 1.807) is 33.8 Å². The number of phenols is 1. The average molecular weight is 374 g/mol. The molecule has 0 bridgehead atoms. The first kappa shape index (κ1) is 19.0. The number of hydrogen-bond donors (Lipinski definition) is 2. The molecule has 0 fully saturated rings. The van der Waals surface area contributed by atoms with Crippen LogP contribution >= 0.6 is 0 Å². The van der Waals surface area contributed by atoms with Crippen LogP contribution in [0.4, 0.5) is 0 Å². The molecule has 0 radical (unpaired) electrons. The number of aliphatic hydroxyl groups is 1. The molecule has 1 atom stereocenters. The number of benzene rings is 1. The van der Waals surface area contributed by atoms with Gasteiger partial charge in [0, 0.05) is 29.7 Å². The Kier molecular flexibility index (Phi) is 4.73. The molecular formula is C20H22O7. The van der Waals surface area contributed by atoms with Crippen molar-refractivity contribution >= 4 is 16.9 Å². The van der Waals surface area contributed by atoms with Gasteiger partial charge in [-0.05, 0) is 27.7 Å². The van der Waals surface area contributed by atoms with E-state index in [1.165, 1.54) is 12.1 Å². The van der Waals surface area contributed by atoms with Crippen molar-refractivity contribution in [3.8, 4) is 11.5 Å². The molecule has 7 nitrogen and oxygen atoms in total. The van der Waals surface area contributed by atoms with Gasteiger partial charge in [-0.2, -0.15) is 0 Å². The number of fused-ring (bicyclic) bond motifs is 2. The second-order valence-electron chi connectivity index (χ2n) is 7.16. The van der Waals surface area contributed by atoms with Crippen LogP contribution in [0.3, 0.4) is 0 Å². The Morgan fingerprint density at radius 3 is 2.74 bits per heavy atom. The summed E-state index contributed by atoms with van der Waals surface area (Å²) < 4.78 is 16.5. The minimum atomic E-state index is -1.11. The lowest BCUT2D eigenvalue weighted by molar-refractivity contribution is -0.140. The highest BCUT2D eigenvalue weighted by molar-refractivity contribution is 5.88. The molecule has 1 aromatic carbocycles. The van der Waals surface area contributed by atoms with E-state index < -0.39 is 23.1 Å². The van der Waals surface area contributed by atoms with Crippen LogP contribution in [0.25, 0.3) is 11.0 Å². The molecule has 2 heterocycles. The van der Waals surface area contributed by atoms with Crippen molar-refractivity contribution in [3.05, 3.63) is 45.3 Å². The van der Waals surface area contributed by atoms with E-state index in [1.807, 2.05) is 0 Å². The van der Waals surface area contributed by atoms with Crippen LogP contribution in [0, 0.1) is 0 Å². The zero-order valence-corrected chi connectivity index (χ0v) is 15.7. The summed E-state index contributed by atoms with van der Waals surface area (Å²) >= 11 is 0. The number of rotatable bonds is 4. The molecular weight excluding hydrogens is 352 g/mol. The molecule has 3 rings (SSSR count). The largest absolute Gasteiger partial charge is 0.507 e. The summed E-state index contributed by atoms with van der Waals surface area (Å²) in [5.41, 5.74) is -0.524. The van der Waals surface area contributed by atoms with Crippen LogP contribution in [0.15, 0.2) is 33.0 Å². The predicted molar refractivity (Wildman–Crippen MR) is 97.8 cm³/mol. The van der Waals surface area contributed by atoms with E-state index in [0.717, 1.165) is 0 Å². The average Bonchev–Trinajstić information content (AvgIpc) is 3.03. The van der Waals surface area contributed by atoms with Gasteiger partial charge in [0.2, 0.25) is 0 Å². The normalized spacial score (nSPS) is 16.9. The quantitative estimate of drug-likeness (QED) is 0.626. The fraction of sp³-hybridized carbons (Fsp3) is 0.400. The Balaban J connectivity index is 1.97. The molecule has 2 aromatic rings. The van der Waals surface area contributed by atoms with Gasteiger partial charge in [0.25, 0.3) is 0 Å². The van der Waals surface area contributed by atoms with Crippen LogP contribution in [-0.2, 0) is 22.6 Å². The van der Waals surface area contributed by atoms with Crippen LogP contribution in [-0.4, -0.2) is 27.9 Å². The lowest BCUT2D eigenvalue weighted by Crippen LogP contribution is -2.39. The lowest BCUT2D eigenvalue weighted by Gasteiger charge is -2.24. The summed E-state index contributed by atoms with van der Waals surface area (Å²) in [4.78, 5) is 24.2. The predicted octanol–water partition coefficient (Wildman–Crippen LogP) is 2.58. The summed E-state index contributed by atoms with van der Waals surface area (Å²) in [6, 6.07) is 2.70. The van der Waals surface area contributed by atoms with Crippen molar-refractivity contribution in [3.63, 3.8) is 0 Å². The number of esters is 1. The van der Waals surface area contributed by atoms with E-state index in [2.05, 4.69) is 0 Å². The molecule has 7 heteroatoms. The van der Waals surface area contributed by atoms with Gasteiger partial charge >= 0.3 is 5.97 Å². The molecule has 0 saturated carbocycles. The van der Waals surface area contributed by atoms with Crippen LogP contribution in [0.1, 0.15) is 39.0 Å². The van der Waals surface area contributed by atoms with Crippen molar-refractivity contribution in [2.45, 2.75) is 52.4 Å². The maximum Gasteiger partial charge on any atom is 0.333 e. The molecule has 27 heavy (non-hydrogen) atoms. The minimum absolute atomic E-state index is 0.0356. The maximum atomic E-state index is 12.5. The van der Waals surface area contributed by atoms with Crippen LogP contribution in [0.5, 0.6) is 11.5 Å². The SMILES string of the molecule is C/C=C(/C)C(=O)OCc1cc(=O)c2c(O)c3c(cc2o1)O[C@H](C(C)(C)O)C3. The zero-order chi connectivity index (χ0) is 19.9. The third kappa shape index (κ3) is 3.55. The standard InChI is InChI=1S/C20H22O7/c1-5-10(2)19(23)25-9-11-6-13(21)17-15(26-11)8-14-12(18(17)22)7-16(27-14)20(3,4)24/h5-6,8,16,22,24H,7,9H2,1-4H3/b10-5-/t16-/m0/s1. The lowest BCUT2D eigenvalue weighted by atomic mass is 9.96. The summed E-state index contributed by atoms with van der Waals surface area (Å²) in [7, 11) is 0. The Morgan fingerprint density at radius 1 is 1.41 bits per heavy atom. The number of phenolic OH excluding ortho intramolecular Hbond substituents is 1. The summed E-state index contributed by atoms with van der Waals surface area (Å²) in [6.07, 6.45) is 1.35. The Morgan fingerprint density at radius 2 is 2.11 bits per heavy atom. The second-order valence-corrected chi connectivity index (χ2v) is 7.16. The molecule has 1 aliphatic rings. The van der Waals surface area contributed by atoms with E-state index in [-0.39, 0.29) is 35.5 Å². The van der Waals surface area contributed by atoms with Gasteiger partial charge in [0.05, 0.1) is 5.60 Å². The molecule has 1 aliphatic heterocycles. The summed E-state index contributed by atoms with van der Waals surface area (Å²) in [6.45, 7) is 6.36. The van der Waals surface area contributed by atoms with Gasteiger partial charge < -0.3 is 24.1 Å². The molecule has 0 unspecified atom stereocenters. The van der Waals surface area contributed by atoms with E-state index in [0.29, 0.717) is 16.9 Å². The molecule has 0 saturated heterocycles. The van der Waals surface area contributed by atoms with Crippen LogP contribution in [0.2, 0.25) is 0 Å². The molecule has 1 aromatic heterocycles. The Hall–Kier alpha value is -2.80. The van der Waals surface area contributed by atoms with Gasteiger partial charge in [-0.3, -0.25) is 4.79 Å². The van der Waals surface area contributed by atoms with Gasteiger partial charge in [0.15, 0.2) is 5.43 Å². The fourth-order valence-corrected chi connectivity index (χ4v) is 2.89. The molecule has 0 amide bonds. The number of ether oxygens (including phenoxy) is 2. The van der Waals surface area contributed by atoms with Crippen LogP contribution < -0.4 is 10.2 Å². The first-order valence-corrected chi connectivity index (χ1v) is 8.62. The monoisotopic (exact) mass is 374 g/mol. The third-order valence-electron chi connectivity index (χ3n) is 4.66. The van der Waals surface area contributed by atoms with E-state index in [4.69, 9.17) is 13.9 Å². The highest BCUT2D eigenvalue weighted by atomic mass is 16.5. The fourth-order valence-electron chi connectivity index (χ4n) is 2.89. The number of carbonyl (C=O) groups excluding carboxylic acids is 1. The molecule has 0 aliphatic carbocycles. The Labute approximate surface area is 155 Å². The summed E-state index contributed by atoms with van der Waals surface area (Å²) in [5.74, 6) is -0.208. The maximum absolute atomic E-state index is 12.5. The number of carbonyl (C=O) groups is 1. The minimum Gasteiger partial charge on any atom is -0.507 e. The topological polar surface area (TPSA) is 106 Å². The van der Waals surface area contributed by atoms with Crippen molar-refractivity contribution in [2.24, 2.45) is 0 Å². The van der Waals surface area contributed by atoms with Crippen molar-refractivity contribution in [2.75, 3.05) is 0 Å². The molecule has 0 spiro atoms. The number of hydrogen-bond acceptors (Lipinski definition) is 7. The van der Waals surface area contributed by atoms with Gasteiger partial charge in [-0.1, -0.05) is 6.08 Å². The Bertz CT molecular complexity index is 992.